The molecule has 0 heterocycles. The summed E-state index contributed by atoms with van der Waals surface area (Å²) < 4.78 is 10.1. The average Bonchev–Trinajstić information content (AvgIpc) is 2.59. The molecule has 0 N–H and O–H groups in total. The molecule has 0 radical (unpaired) electrons. The van der Waals surface area contributed by atoms with E-state index in [0.717, 1.165) is 5.56 Å². The zero-order valence-electron chi connectivity index (χ0n) is 12.9. The van der Waals surface area contributed by atoms with Gasteiger partial charge in [-0.05, 0) is 30.2 Å². The molecule has 0 unspecified atom stereocenters. The normalized spacial score (nSPS) is 10.5. The van der Waals surface area contributed by atoms with Gasteiger partial charge in [-0.3, -0.25) is 0 Å². The fourth-order valence-corrected chi connectivity index (χ4v) is 1.97. The highest BCUT2D eigenvalue weighted by molar-refractivity contribution is 5.95. The first-order valence-electron chi connectivity index (χ1n) is 7.35. The van der Waals surface area contributed by atoms with Crippen LogP contribution in [-0.4, -0.2) is 18.5 Å². The van der Waals surface area contributed by atoms with Gasteiger partial charge in [0.1, 0.15) is 6.61 Å². The molecule has 2 aromatic rings. The van der Waals surface area contributed by atoms with Gasteiger partial charge >= 0.3 is 11.9 Å². The molecular weight excluding hydrogens is 292 g/mol. The van der Waals surface area contributed by atoms with E-state index in [1.54, 1.807) is 37.3 Å². The average molecular weight is 310 g/mol. The largest absolute Gasteiger partial charge is 0.462 e. The highest BCUT2D eigenvalue weighted by atomic mass is 16.5. The monoisotopic (exact) mass is 310 g/mol. The summed E-state index contributed by atoms with van der Waals surface area (Å²) in [4.78, 5) is 23.6. The fraction of sp³-hybridized carbons (Fsp3) is 0.158. The molecule has 0 atom stereocenters. The summed E-state index contributed by atoms with van der Waals surface area (Å²) in [6.07, 6.45) is 2.86. The van der Waals surface area contributed by atoms with Crippen molar-refractivity contribution in [2.75, 3.05) is 6.61 Å². The molecule has 0 aliphatic heterocycles. The third kappa shape index (κ3) is 5.11. The predicted octanol–water partition coefficient (Wildman–Crippen LogP) is 3.62. The number of esters is 2. The molecule has 0 fully saturated rings. The van der Waals surface area contributed by atoms with Crippen LogP contribution in [0.5, 0.6) is 0 Å². The van der Waals surface area contributed by atoms with E-state index >= 15 is 0 Å². The van der Waals surface area contributed by atoms with Crippen LogP contribution in [0.3, 0.4) is 0 Å². The molecule has 118 valence electrons. The second-order valence-electron chi connectivity index (χ2n) is 4.73. The van der Waals surface area contributed by atoms with Crippen molar-refractivity contribution in [1.82, 2.24) is 0 Å². The van der Waals surface area contributed by atoms with Gasteiger partial charge in [0.15, 0.2) is 0 Å². The van der Waals surface area contributed by atoms with Crippen LogP contribution in [-0.2, 0) is 20.9 Å². The molecule has 0 bridgehead atoms. The smallest absolute Gasteiger partial charge is 0.338 e. The van der Waals surface area contributed by atoms with Crippen molar-refractivity contribution in [3.05, 3.63) is 77.4 Å². The first-order chi connectivity index (χ1) is 11.2. The number of benzene rings is 2. The summed E-state index contributed by atoms with van der Waals surface area (Å²) in [6, 6.07) is 16.4. The number of hydrogen-bond donors (Lipinski definition) is 0. The van der Waals surface area contributed by atoms with E-state index in [1.807, 2.05) is 30.3 Å². The van der Waals surface area contributed by atoms with Crippen molar-refractivity contribution >= 4 is 18.0 Å². The maximum absolute atomic E-state index is 11.8. The van der Waals surface area contributed by atoms with Crippen molar-refractivity contribution < 1.29 is 19.1 Å². The molecule has 2 aromatic carbocycles. The van der Waals surface area contributed by atoms with Crippen LogP contribution in [0.1, 0.15) is 28.4 Å². The van der Waals surface area contributed by atoms with Crippen LogP contribution in [0.25, 0.3) is 6.08 Å². The molecule has 0 aliphatic rings. The Labute approximate surface area is 135 Å². The van der Waals surface area contributed by atoms with E-state index in [-0.39, 0.29) is 6.61 Å². The van der Waals surface area contributed by atoms with Gasteiger partial charge in [0.25, 0.3) is 0 Å². The number of hydrogen-bond acceptors (Lipinski definition) is 4. The minimum atomic E-state index is -0.465. The predicted molar refractivity (Wildman–Crippen MR) is 87.7 cm³/mol. The van der Waals surface area contributed by atoms with Gasteiger partial charge in [0.05, 0.1) is 12.2 Å². The highest BCUT2D eigenvalue weighted by Crippen LogP contribution is 2.12. The van der Waals surface area contributed by atoms with Gasteiger partial charge in [-0.15, -0.1) is 0 Å². The summed E-state index contributed by atoms with van der Waals surface area (Å²) in [5, 5.41) is 0. The Morgan fingerprint density at radius 1 is 0.957 bits per heavy atom. The van der Waals surface area contributed by atoms with E-state index < -0.39 is 11.9 Å². The molecular formula is C19H18O4. The summed E-state index contributed by atoms with van der Waals surface area (Å²) in [5.41, 5.74) is 1.95. The van der Waals surface area contributed by atoms with Gasteiger partial charge in [-0.1, -0.05) is 48.5 Å². The van der Waals surface area contributed by atoms with Crippen LogP contribution < -0.4 is 0 Å². The molecule has 0 spiro atoms. The van der Waals surface area contributed by atoms with Crippen molar-refractivity contribution in [2.45, 2.75) is 13.5 Å². The summed E-state index contributed by atoms with van der Waals surface area (Å²) in [6.45, 7) is 2.26. The van der Waals surface area contributed by atoms with Crippen molar-refractivity contribution in [2.24, 2.45) is 0 Å². The van der Waals surface area contributed by atoms with E-state index in [1.165, 1.54) is 6.08 Å². The molecule has 0 saturated heterocycles. The van der Waals surface area contributed by atoms with Crippen LogP contribution in [0.2, 0.25) is 0 Å². The maximum atomic E-state index is 11.8. The van der Waals surface area contributed by atoms with Crippen molar-refractivity contribution in [3.8, 4) is 0 Å². The van der Waals surface area contributed by atoms with Gasteiger partial charge in [-0.2, -0.15) is 0 Å². The quantitative estimate of drug-likeness (QED) is 0.604. The standard InChI is InChI=1S/C19H18O4/c1-2-22-19(21)17-11-7-6-10-16(17)12-13-18(20)23-14-15-8-4-3-5-9-15/h3-13H,2,14H2,1H3/b13-12+. The summed E-state index contributed by atoms with van der Waals surface area (Å²) in [5.74, 6) is -0.877. The van der Waals surface area contributed by atoms with Crippen molar-refractivity contribution in [1.29, 1.82) is 0 Å². The van der Waals surface area contributed by atoms with E-state index in [4.69, 9.17) is 9.47 Å². The van der Waals surface area contributed by atoms with Gasteiger partial charge in [0.2, 0.25) is 0 Å². The summed E-state index contributed by atoms with van der Waals surface area (Å²) in [7, 11) is 0. The summed E-state index contributed by atoms with van der Waals surface area (Å²) >= 11 is 0. The third-order valence-corrected chi connectivity index (χ3v) is 3.08. The first-order valence-corrected chi connectivity index (χ1v) is 7.35. The van der Waals surface area contributed by atoms with Crippen LogP contribution >= 0.6 is 0 Å². The lowest BCUT2D eigenvalue weighted by Crippen LogP contribution is -2.06. The fourth-order valence-electron chi connectivity index (χ4n) is 1.97. The molecule has 23 heavy (non-hydrogen) atoms. The Morgan fingerprint density at radius 3 is 2.39 bits per heavy atom. The maximum Gasteiger partial charge on any atom is 0.338 e. The Morgan fingerprint density at radius 2 is 1.65 bits per heavy atom. The molecule has 4 heteroatoms. The highest BCUT2D eigenvalue weighted by Gasteiger charge is 2.10. The molecule has 4 nitrogen and oxygen atoms in total. The second kappa shape index (κ2) is 8.54. The lowest BCUT2D eigenvalue weighted by Gasteiger charge is -2.05. The lowest BCUT2D eigenvalue weighted by atomic mass is 10.1. The number of carbonyl (C=O) groups excluding carboxylic acids is 2. The van der Waals surface area contributed by atoms with Gasteiger partial charge in [0, 0.05) is 6.08 Å². The Balaban J connectivity index is 1.99. The Kier molecular flexibility index (Phi) is 6.12. The number of ether oxygens (including phenoxy) is 2. The molecule has 0 aliphatic carbocycles. The zero-order valence-corrected chi connectivity index (χ0v) is 12.9. The van der Waals surface area contributed by atoms with Gasteiger partial charge < -0.3 is 9.47 Å². The van der Waals surface area contributed by atoms with Crippen LogP contribution in [0.4, 0.5) is 0 Å². The zero-order chi connectivity index (χ0) is 16.5. The van der Waals surface area contributed by atoms with E-state index in [2.05, 4.69) is 0 Å². The third-order valence-electron chi connectivity index (χ3n) is 3.08. The molecule has 0 aromatic heterocycles. The lowest BCUT2D eigenvalue weighted by molar-refractivity contribution is -0.138. The SMILES string of the molecule is CCOC(=O)c1ccccc1/C=C/C(=O)OCc1ccccc1. The topological polar surface area (TPSA) is 52.6 Å². The minimum absolute atomic E-state index is 0.212. The number of rotatable bonds is 6. The van der Waals surface area contributed by atoms with Crippen LogP contribution in [0, 0.1) is 0 Å². The van der Waals surface area contributed by atoms with E-state index in [9.17, 15) is 9.59 Å². The molecule has 2 rings (SSSR count). The molecule has 0 saturated carbocycles. The van der Waals surface area contributed by atoms with Crippen molar-refractivity contribution in [3.63, 3.8) is 0 Å². The Hall–Kier alpha value is -2.88. The number of carbonyl (C=O) groups is 2. The van der Waals surface area contributed by atoms with E-state index in [0.29, 0.717) is 17.7 Å². The molecule has 0 amide bonds. The van der Waals surface area contributed by atoms with Crippen LogP contribution in [0.15, 0.2) is 60.7 Å². The Bertz CT molecular complexity index is 690. The second-order valence-corrected chi connectivity index (χ2v) is 4.73. The van der Waals surface area contributed by atoms with Gasteiger partial charge in [-0.25, -0.2) is 9.59 Å². The first kappa shape index (κ1) is 16.5. The minimum Gasteiger partial charge on any atom is -0.462 e.